The summed E-state index contributed by atoms with van der Waals surface area (Å²) in [5.41, 5.74) is 1.89. The smallest absolute Gasteiger partial charge is 0.232 e. The number of rotatable bonds is 5. The number of hydrogen-bond donors (Lipinski definition) is 0. The summed E-state index contributed by atoms with van der Waals surface area (Å²) in [6.07, 6.45) is 1.64. The Morgan fingerprint density at radius 3 is 2.58 bits per heavy atom. The second kappa shape index (κ2) is 7.03. The molecule has 0 unspecified atom stereocenters. The molecule has 0 spiro atoms. The van der Waals surface area contributed by atoms with Crippen LogP contribution in [0, 0.1) is 11.6 Å². The molecule has 3 rings (SSSR count). The number of hydrogen-bond acceptors (Lipinski definition) is 3. The van der Waals surface area contributed by atoms with Crippen molar-refractivity contribution < 1.29 is 22.0 Å². The van der Waals surface area contributed by atoms with Crippen LogP contribution in [0.4, 0.5) is 20.2 Å². The van der Waals surface area contributed by atoms with E-state index in [0.717, 1.165) is 40.4 Å². The van der Waals surface area contributed by atoms with Crippen molar-refractivity contribution in [1.82, 2.24) is 0 Å². The van der Waals surface area contributed by atoms with Gasteiger partial charge in [-0.05, 0) is 30.2 Å². The van der Waals surface area contributed by atoms with Crippen molar-refractivity contribution in [2.45, 2.75) is 12.8 Å². The summed E-state index contributed by atoms with van der Waals surface area (Å²) in [4.78, 5) is 14.2. The van der Waals surface area contributed by atoms with E-state index in [1.807, 2.05) is 24.3 Å². The zero-order valence-corrected chi connectivity index (χ0v) is 15.0. The molecule has 0 bridgehead atoms. The van der Waals surface area contributed by atoms with Crippen LogP contribution in [0.3, 0.4) is 0 Å². The molecule has 0 atom stereocenters. The van der Waals surface area contributed by atoms with E-state index in [0.29, 0.717) is 6.54 Å². The highest BCUT2D eigenvalue weighted by atomic mass is 32.2. The fourth-order valence-corrected chi connectivity index (χ4v) is 3.98. The molecule has 1 amide bonds. The predicted molar refractivity (Wildman–Crippen MR) is 95.7 cm³/mol. The Morgan fingerprint density at radius 2 is 1.88 bits per heavy atom. The average molecular weight is 380 g/mol. The average Bonchev–Trinajstić information content (AvgIpc) is 3.01. The number of amides is 1. The Hall–Kier alpha value is -2.48. The standard InChI is InChI=1S/C18H18F2N2O3S/c1-26(24,25)22(14-6-7-15(19)16(20)12-14)11-9-18(23)21-10-8-13-4-2-3-5-17(13)21/h2-7,12H,8-11H2,1H3. The zero-order chi connectivity index (χ0) is 18.9. The second-order valence-electron chi connectivity index (χ2n) is 6.11. The molecule has 1 heterocycles. The van der Waals surface area contributed by atoms with E-state index in [1.165, 1.54) is 6.07 Å². The summed E-state index contributed by atoms with van der Waals surface area (Å²) < 4.78 is 51.6. The molecule has 26 heavy (non-hydrogen) atoms. The van der Waals surface area contributed by atoms with Gasteiger partial charge in [-0.3, -0.25) is 9.10 Å². The predicted octanol–water partition coefficient (Wildman–Crippen LogP) is 2.71. The van der Waals surface area contributed by atoms with Crippen molar-refractivity contribution in [3.05, 3.63) is 59.7 Å². The monoisotopic (exact) mass is 380 g/mol. The third-order valence-electron chi connectivity index (χ3n) is 4.31. The van der Waals surface area contributed by atoms with Crippen LogP contribution < -0.4 is 9.21 Å². The summed E-state index contributed by atoms with van der Waals surface area (Å²) in [5.74, 6) is -2.42. The van der Waals surface area contributed by atoms with Gasteiger partial charge in [0.05, 0.1) is 11.9 Å². The van der Waals surface area contributed by atoms with E-state index in [4.69, 9.17) is 0 Å². The number of carbonyl (C=O) groups excluding carboxylic acids is 1. The van der Waals surface area contributed by atoms with Crippen molar-refractivity contribution >= 4 is 27.3 Å². The van der Waals surface area contributed by atoms with Crippen LogP contribution in [0.5, 0.6) is 0 Å². The van der Waals surface area contributed by atoms with Gasteiger partial charge in [-0.25, -0.2) is 17.2 Å². The molecule has 0 radical (unpaired) electrons. The third-order valence-corrected chi connectivity index (χ3v) is 5.50. The molecule has 2 aromatic rings. The van der Waals surface area contributed by atoms with Crippen molar-refractivity contribution in [3.63, 3.8) is 0 Å². The third kappa shape index (κ3) is 3.70. The first-order chi connectivity index (χ1) is 12.3. The normalized spacial score (nSPS) is 13.6. The molecule has 0 aromatic heterocycles. The minimum Gasteiger partial charge on any atom is -0.312 e. The van der Waals surface area contributed by atoms with Crippen LogP contribution >= 0.6 is 0 Å². The van der Waals surface area contributed by atoms with Crippen LogP contribution in [-0.4, -0.2) is 33.7 Å². The number of para-hydroxylation sites is 1. The SMILES string of the molecule is CS(=O)(=O)N(CCC(=O)N1CCc2ccccc21)c1ccc(F)c(F)c1. The van der Waals surface area contributed by atoms with Crippen molar-refractivity contribution in [2.75, 3.05) is 28.6 Å². The highest BCUT2D eigenvalue weighted by molar-refractivity contribution is 7.92. The Labute approximate surface area is 150 Å². The molecule has 0 aliphatic carbocycles. The van der Waals surface area contributed by atoms with Crippen LogP contribution in [-0.2, 0) is 21.2 Å². The van der Waals surface area contributed by atoms with Gasteiger partial charge in [0.1, 0.15) is 0 Å². The van der Waals surface area contributed by atoms with E-state index in [1.54, 1.807) is 4.90 Å². The van der Waals surface area contributed by atoms with E-state index < -0.39 is 21.7 Å². The molecule has 138 valence electrons. The van der Waals surface area contributed by atoms with Crippen molar-refractivity contribution in [1.29, 1.82) is 0 Å². The van der Waals surface area contributed by atoms with Gasteiger partial charge in [0.25, 0.3) is 0 Å². The maximum absolute atomic E-state index is 13.5. The fourth-order valence-electron chi connectivity index (χ4n) is 3.06. The van der Waals surface area contributed by atoms with E-state index in [9.17, 15) is 22.0 Å². The maximum Gasteiger partial charge on any atom is 0.232 e. The van der Waals surface area contributed by atoms with E-state index >= 15 is 0 Å². The number of benzene rings is 2. The molecule has 0 saturated heterocycles. The number of nitrogens with zero attached hydrogens (tertiary/aromatic N) is 2. The summed E-state index contributed by atoms with van der Waals surface area (Å²) in [6.45, 7) is 0.392. The molecule has 8 heteroatoms. The van der Waals surface area contributed by atoms with Gasteiger partial charge in [-0.2, -0.15) is 0 Å². The van der Waals surface area contributed by atoms with Gasteiger partial charge in [0.2, 0.25) is 15.9 Å². The Bertz CT molecular complexity index is 947. The van der Waals surface area contributed by atoms with Gasteiger partial charge >= 0.3 is 0 Å². The van der Waals surface area contributed by atoms with Crippen LogP contribution in [0.2, 0.25) is 0 Å². The molecular formula is C18H18F2N2O3S. The maximum atomic E-state index is 13.5. The number of carbonyl (C=O) groups is 1. The van der Waals surface area contributed by atoms with Crippen LogP contribution in [0.15, 0.2) is 42.5 Å². The van der Waals surface area contributed by atoms with Gasteiger partial charge in [-0.1, -0.05) is 18.2 Å². The first-order valence-electron chi connectivity index (χ1n) is 8.08. The Balaban J connectivity index is 1.77. The van der Waals surface area contributed by atoms with Gasteiger partial charge in [0, 0.05) is 31.3 Å². The van der Waals surface area contributed by atoms with E-state index in [2.05, 4.69) is 0 Å². The van der Waals surface area contributed by atoms with Gasteiger partial charge < -0.3 is 4.90 Å². The summed E-state index contributed by atoms with van der Waals surface area (Å²) in [5, 5.41) is 0. The van der Waals surface area contributed by atoms with Gasteiger partial charge in [-0.15, -0.1) is 0 Å². The topological polar surface area (TPSA) is 57.7 Å². The Kier molecular flexibility index (Phi) is 4.95. The molecule has 1 aliphatic heterocycles. The molecular weight excluding hydrogens is 362 g/mol. The second-order valence-corrected chi connectivity index (χ2v) is 8.01. The molecule has 0 N–H and O–H groups in total. The minimum atomic E-state index is -3.75. The lowest BCUT2D eigenvalue weighted by Gasteiger charge is -2.24. The summed E-state index contributed by atoms with van der Waals surface area (Å²) in [6, 6.07) is 10.4. The number of halogens is 2. The van der Waals surface area contributed by atoms with Crippen LogP contribution in [0.1, 0.15) is 12.0 Å². The van der Waals surface area contributed by atoms with E-state index in [-0.39, 0.29) is 24.6 Å². The quantitative estimate of drug-likeness (QED) is 0.801. The molecule has 5 nitrogen and oxygen atoms in total. The molecule has 0 fully saturated rings. The molecule has 2 aromatic carbocycles. The number of fused-ring (bicyclic) bond motifs is 1. The molecule has 1 aliphatic rings. The minimum absolute atomic E-state index is 0.0129. The van der Waals surface area contributed by atoms with Crippen molar-refractivity contribution in [3.8, 4) is 0 Å². The molecule has 0 saturated carbocycles. The number of anilines is 2. The highest BCUT2D eigenvalue weighted by Crippen LogP contribution is 2.28. The largest absolute Gasteiger partial charge is 0.312 e. The fraction of sp³-hybridized carbons (Fsp3) is 0.278. The van der Waals surface area contributed by atoms with Gasteiger partial charge in [0.15, 0.2) is 11.6 Å². The first kappa shape index (κ1) is 18.3. The summed E-state index contributed by atoms with van der Waals surface area (Å²) in [7, 11) is -3.75. The Morgan fingerprint density at radius 1 is 1.15 bits per heavy atom. The van der Waals surface area contributed by atoms with Crippen LogP contribution in [0.25, 0.3) is 0 Å². The summed E-state index contributed by atoms with van der Waals surface area (Å²) >= 11 is 0. The zero-order valence-electron chi connectivity index (χ0n) is 14.2. The first-order valence-corrected chi connectivity index (χ1v) is 9.93. The lowest BCUT2D eigenvalue weighted by molar-refractivity contribution is -0.118. The number of sulfonamides is 1. The lowest BCUT2D eigenvalue weighted by atomic mass is 10.2. The lowest BCUT2D eigenvalue weighted by Crippen LogP contribution is -2.36. The van der Waals surface area contributed by atoms with Crippen molar-refractivity contribution in [2.24, 2.45) is 0 Å². The highest BCUT2D eigenvalue weighted by Gasteiger charge is 2.26.